The van der Waals surface area contributed by atoms with Gasteiger partial charge in [-0.3, -0.25) is 0 Å². The SMILES string of the molecule is CC1=CCC(C)(C)c2cc(Nc3cc(C)ccc3C(=O)O)c(C)cc21. The molecule has 0 aliphatic heterocycles. The molecule has 0 aromatic heterocycles. The van der Waals surface area contributed by atoms with E-state index in [0.29, 0.717) is 5.69 Å². The third-order valence-corrected chi connectivity index (χ3v) is 5.11. The summed E-state index contributed by atoms with van der Waals surface area (Å²) in [6, 6.07) is 9.77. The van der Waals surface area contributed by atoms with Gasteiger partial charge >= 0.3 is 5.97 Å². The number of rotatable bonds is 3. The summed E-state index contributed by atoms with van der Waals surface area (Å²) in [7, 11) is 0. The number of benzene rings is 2. The first kappa shape index (κ1) is 17.3. The van der Waals surface area contributed by atoms with Gasteiger partial charge in [-0.25, -0.2) is 4.79 Å². The highest BCUT2D eigenvalue weighted by molar-refractivity contribution is 5.95. The van der Waals surface area contributed by atoms with E-state index in [1.54, 1.807) is 6.07 Å². The van der Waals surface area contributed by atoms with Crippen molar-refractivity contribution in [1.82, 2.24) is 0 Å². The maximum atomic E-state index is 11.5. The molecule has 2 N–H and O–H groups in total. The molecule has 0 fully saturated rings. The maximum absolute atomic E-state index is 11.5. The minimum Gasteiger partial charge on any atom is -0.478 e. The van der Waals surface area contributed by atoms with Crippen molar-refractivity contribution in [3.05, 3.63) is 64.2 Å². The van der Waals surface area contributed by atoms with E-state index in [1.165, 1.54) is 16.7 Å². The van der Waals surface area contributed by atoms with Gasteiger partial charge in [-0.1, -0.05) is 26.0 Å². The predicted octanol–water partition coefficient (Wildman–Crippen LogP) is 5.83. The summed E-state index contributed by atoms with van der Waals surface area (Å²) in [6.45, 7) is 10.7. The van der Waals surface area contributed by atoms with E-state index >= 15 is 0 Å². The Kier molecular flexibility index (Phi) is 4.19. The molecule has 0 radical (unpaired) electrons. The van der Waals surface area contributed by atoms with Gasteiger partial charge in [0.2, 0.25) is 0 Å². The van der Waals surface area contributed by atoms with Crippen LogP contribution in [-0.2, 0) is 5.41 Å². The van der Waals surface area contributed by atoms with Crippen LogP contribution in [0.4, 0.5) is 11.4 Å². The molecule has 0 bridgehead atoms. The van der Waals surface area contributed by atoms with Crippen LogP contribution in [0, 0.1) is 13.8 Å². The zero-order valence-corrected chi connectivity index (χ0v) is 15.5. The van der Waals surface area contributed by atoms with Crippen molar-refractivity contribution in [3.8, 4) is 0 Å². The van der Waals surface area contributed by atoms with E-state index in [4.69, 9.17) is 0 Å². The molecular formula is C22H25NO2. The Balaban J connectivity index is 2.10. The molecule has 1 aliphatic carbocycles. The Morgan fingerprint density at radius 1 is 1.08 bits per heavy atom. The normalized spacial score (nSPS) is 15.3. The zero-order chi connectivity index (χ0) is 18.4. The molecule has 0 heterocycles. The zero-order valence-electron chi connectivity index (χ0n) is 15.5. The van der Waals surface area contributed by atoms with E-state index in [9.17, 15) is 9.90 Å². The van der Waals surface area contributed by atoms with E-state index in [-0.39, 0.29) is 11.0 Å². The quantitative estimate of drug-likeness (QED) is 0.742. The molecule has 0 amide bonds. The highest BCUT2D eigenvalue weighted by Gasteiger charge is 2.27. The van der Waals surface area contributed by atoms with Crippen molar-refractivity contribution in [1.29, 1.82) is 0 Å². The first-order valence-corrected chi connectivity index (χ1v) is 8.62. The van der Waals surface area contributed by atoms with Gasteiger partial charge in [0.05, 0.1) is 11.3 Å². The smallest absolute Gasteiger partial charge is 0.337 e. The summed E-state index contributed by atoms with van der Waals surface area (Å²) in [4.78, 5) is 11.5. The lowest BCUT2D eigenvalue weighted by Gasteiger charge is -2.32. The van der Waals surface area contributed by atoms with E-state index in [2.05, 4.69) is 51.2 Å². The lowest BCUT2D eigenvalue weighted by atomic mass is 9.73. The molecule has 130 valence electrons. The van der Waals surface area contributed by atoms with E-state index < -0.39 is 5.97 Å². The number of allylic oxidation sites excluding steroid dienone is 2. The summed E-state index contributed by atoms with van der Waals surface area (Å²) in [5, 5.41) is 12.8. The fourth-order valence-electron chi connectivity index (χ4n) is 3.45. The first-order chi connectivity index (χ1) is 11.7. The molecule has 0 unspecified atom stereocenters. The maximum Gasteiger partial charge on any atom is 0.337 e. The molecule has 0 spiro atoms. The van der Waals surface area contributed by atoms with Crippen molar-refractivity contribution in [2.45, 2.75) is 46.5 Å². The Hall–Kier alpha value is -2.55. The summed E-state index contributed by atoms with van der Waals surface area (Å²) >= 11 is 0. The number of carboxylic acid groups (broad SMARTS) is 1. The number of carbonyl (C=O) groups is 1. The van der Waals surface area contributed by atoms with Crippen LogP contribution in [-0.4, -0.2) is 11.1 Å². The van der Waals surface area contributed by atoms with Crippen molar-refractivity contribution >= 4 is 22.9 Å². The molecule has 3 heteroatoms. The number of carboxylic acids is 1. The van der Waals surface area contributed by atoms with Crippen LogP contribution in [0.3, 0.4) is 0 Å². The second kappa shape index (κ2) is 6.07. The molecular weight excluding hydrogens is 310 g/mol. The van der Waals surface area contributed by atoms with Crippen LogP contribution < -0.4 is 5.32 Å². The Morgan fingerprint density at radius 2 is 1.80 bits per heavy atom. The number of hydrogen-bond donors (Lipinski definition) is 2. The van der Waals surface area contributed by atoms with Gasteiger partial charge in [0.25, 0.3) is 0 Å². The highest BCUT2D eigenvalue weighted by Crippen LogP contribution is 2.41. The third kappa shape index (κ3) is 3.19. The van der Waals surface area contributed by atoms with Crippen LogP contribution in [0.15, 0.2) is 36.4 Å². The Morgan fingerprint density at radius 3 is 2.48 bits per heavy atom. The van der Waals surface area contributed by atoms with E-state index in [1.807, 2.05) is 19.1 Å². The van der Waals surface area contributed by atoms with Gasteiger partial charge in [-0.05, 0) is 84.7 Å². The number of hydrogen-bond acceptors (Lipinski definition) is 2. The summed E-state index contributed by atoms with van der Waals surface area (Å²) in [6.07, 6.45) is 3.32. The second-order valence-corrected chi connectivity index (χ2v) is 7.67. The minimum atomic E-state index is -0.919. The molecule has 3 rings (SSSR count). The molecule has 2 aromatic rings. The van der Waals surface area contributed by atoms with Crippen LogP contribution in [0.5, 0.6) is 0 Å². The van der Waals surface area contributed by atoms with Crippen LogP contribution in [0.25, 0.3) is 5.57 Å². The number of aryl methyl sites for hydroxylation is 2. The summed E-state index contributed by atoms with van der Waals surface area (Å²) in [5.74, 6) is -0.919. The highest BCUT2D eigenvalue weighted by atomic mass is 16.4. The van der Waals surface area contributed by atoms with E-state index in [0.717, 1.165) is 23.2 Å². The summed E-state index contributed by atoms with van der Waals surface area (Å²) in [5.41, 5.74) is 8.02. The molecule has 3 nitrogen and oxygen atoms in total. The monoisotopic (exact) mass is 335 g/mol. The predicted molar refractivity (Wildman–Crippen MR) is 104 cm³/mol. The van der Waals surface area contributed by atoms with Crippen LogP contribution in [0.2, 0.25) is 0 Å². The van der Waals surface area contributed by atoms with Crippen LogP contribution >= 0.6 is 0 Å². The third-order valence-electron chi connectivity index (χ3n) is 5.11. The fourth-order valence-corrected chi connectivity index (χ4v) is 3.45. The van der Waals surface area contributed by atoms with Crippen molar-refractivity contribution in [2.24, 2.45) is 0 Å². The number of fused-ring (bicyclic) bond motifs is 1. The van der Waals surface area contributed by atoms with Crippen LogP contribution in [0.1, 0.15) is 59.8 Å². The fraction of sp³-hybridized carbons (Fsp3) is 0.318. The average Bonchev–Trinajstić information content (AvgIpc) is 2.52. The Bertz CT molecular complexity index is 891. The van der Waals surface area contributed by atoms with Gasteiger partial charge in [-0.2, -0.15) is 0 Å². The van der Waals surface area contributed by atoms with Gasteiger partial charge in [0.1, 0.15) is 0 Å². The van der Waals surface area contributed by atoms with Gasteiger partial charge in [0.15, 0.2) is 0 Å². The summed E-state index contributed by atoms with van der Waals surface area (Å²) < 4.78 is 0. The number of anilines is 2. The molecule has 0 atom stereocenters. The number of aromatic carboxylic acids is 1. The van der Waals surface area contributed by atoms with Crippen molar-refractivity contribution < 1.29 is 9.90 Å². The molecule has 2 aromatic carbocycles. The lowest BCUT2D eigenvalue weighted by molar-refractivity contribution is 0.0698. The van der Waals surface area contributed by atoms with Crippen molar-refractivity contribution in [3.63, 3.8) is 0 Å². The largest absolute Gasteiger partial charge is 0.478 e. The lowest BCUT2D eigenvalue weighted by Crippen LogP contribution is -2.21. The molecule has 25 heavy (non-hydrogen) atoms. The minimum absolute atomic E-state index is 0.0706. The molecule has 1 aliphatic rings. The molecule has 0 saturated carbocycles. The average molecular weight is 335 g/mol. The first-order valence-electron chi connectivity index (χ1n) is 8.62. The number of nitrogens with one attached hydrogen (secondary N) is 1. The van der Waals surface area contributed by atoms with Crippen molar-refractivity contribution in [2.75, 3.05) is 5.32 Å². The van der Waals surface area contributed by atoms with Gasteiger partial charge in [-0.15, -0.1) is 0 Å². The van der Waals surface area contributed by atoms with Gasteiger partial charge < -0.3 is 10.4 Å². The molecule has 0 saturated heterocycles. The topological polar surface area (TPSA) is 49.3 Å². The Labute approximate surface area is 149 Å². The second-order valence-electron chi connectivity index (χ2n) is 7.67. The standard InChI is InChI=1S/C22H25NO2/c1-13-6-7-16(21(24)25)20(10-13)23-19-12-18-17(11-15(19)3)14(2)8-9-22(18,4)5/h6-8,10-12,23H,9H2,1-5H3,(H,24,25). The van der Waals surface area contributed by atoms with Gasteiger partial charge in [0, 0.05) is 5.69 Å².